The maximum absolute atomic E-state index is 12.0. The fourth-order valence-electron chi connectivity index (χ4n) is 3.48. The molecule has 5 heteroatoms. The van der Waals surface area contributed by atoms with Gasteiger partial charge in [-0.2, -0.15) is 0 Å². The third kappa shape index (κ3) is 19.7. The Morgan fingerprint density at radius 1 is 0.786 bits per heavy atom. The second-order valence-electron chi connectivity index (χ2n) is 9.18. The molecule has 0 aromatic carbocycles. The van der Waals surface area contributed by atoms with Crippen molar-refractivity contribution in [3.63, 3.8) is 0 Å². The van der Waals surface area contributed by atoms with Crippen molar-refractivity contribution in [1.29, 1.82) is 0 Å². The molecule has 0 aliphatic heterocycles. The van der Waals surface area contributed by atoms with Gasteiger partial charge in [0.25, 0.3) is 0 Å². The number of likely N-dealkylation sites (N-methyl/N-ethyl adjacent to an activating group) is 1. The Kier molecular flexibility index (Phi) is 16.2. The molecule has 0 fully saturated rings. The minimum atomic E-state index is -0.924. The number of ether oxygens (including phenoxy) is 1. The monoisotopic (exact) mass is 401 g/mol. The van der Waals surface area contributed by atoms with Crippen LogP contribution in [0.3, 0.4) is 0 Å². The van der Waals surface area contributed by atoms with Gasteiger partial charge in [-0.1, -0.05) is 84.0 Å². The fourth-order valence-corrected chi connectivity index (χ4v) is 3.48. The molecule has 0 radical (unpaired) electrons. The number of carboxylic acid groups (broad SMARTS) is 1. The van der Waals surface area contributed by atoms with Crippen LogP contribution in [0.1, 0.15) is 103 Å². The molecule has 0 unspecified atom stereocenters. The van der Waals surface area contributed by atoms with Crippen LogP contribution in [-0.2, 0) is 14.3 Å². The lowest BCUT2D eigenvalue weighted by Crippen LogP contribution is -2.43. The normalized spacial score (nSPS) is 12.7. The number of carboxylic acids is 1. The van der Waals surface area contributed by atoms with Gasteiger partial charge in [0.15, 0.2) is 6.10 Å². The van der Waals surface area contributed by atoms with E-state index in [1.54, 1.807) is 0 Å². The summed E-state index contributed by atoms with van der Waals surface area (Å²) in [5.41, 5.74) is 0. The van der Waals surface area contributed by atoms with E-state index in [0.29, 0.717) is 17.4 Å². The van der Waals surface area contributed by atoms with Gasteiger partial charge in [-0.15, -0.1) is 0 Å². The molecule has 0 amide bonds. The number of hydrogen-bond donors (Lipinski definition) is 1. The summed E-state index contributed by atoms with van der Waals surface area (Å²) in [7, 11) is 5.90. The predicted octanol–water partition coefficient (Wildman–Crippen LogP) is 5.56. The van der Waals surface area contributed by atoms with E-state index < -0.39 is 12.1 Å². The molecule has 0 bridgehead atoms. The zero-order valence-corrected chi connectivity index (χ0v) is 19.0. The molecule has 28 heavy (non-hydrogen) atoms. The van der Waals surface area contributed by atoms with E-state index in [1.807, 2.05) is 21.1 Å². The molecule has 5 nitrogen and oxygen atoms in total. The predicted molar refractivity (Wildman–Crippen MR) is 115 cm³/mol. The van der Waals surface area contributed by atoms with Gasteiger partial charge in [0.1, 0.15) is 6.54 Å². The van der Waals surface area contributed by atoms with Crippen molar-refractivity contribution < 1.29 is 23.9 Å². The second-order valence-corrected chi connectivity index (χ2v) is 9.18. The first kappa shape index (κ1) is 26.9. The number of aliphatic carboxylic acids is 1. The van der Waals surface area contributed by atoms with Crippen LogP contribution in [-0.4, -0.2) is 55.3 Å². The maximum atomic E-state index is 12.0. The Morgan fingerprint density at radius 3 is 1.61 bits per heavy atom. The Bertz CT molecular complexity index is 404. The number of esters is 1. The van der Waals surface area contributed by atoms with Gasteiger partial charge in [-0.3, -0.25) is 9.59 Å². The van der Waals surface area contributed by atoms with Gasteiger partial charge in [0.2, 0.25) is 0 Å². The molecule has 0 aliphatic rings. The van der Waals surface area contributed by atoms with Crippen LogP contribution < -0.4 is 0 Å². The highest BCUT2D eigenvalue weighted by Gasteiger charge is 2.24. The molecular weight excluding hydrogens is 355 g/mol. The molecule has 166 valence electrons. The van der Waals surface area contributed by atoms with Crippen LogP contribution in [0.4, 0.5) is 0 Å². The molecule has 1 atom stereocenters. The summed E-state index contributed by atoms with van der Waals surface area (Å²) < 4.78 is 5.98. The van der Waals surface area contributed by atoms with Gasteiger partial charge in [-0.05, 0) is 6.42 Å². The lowest BCUT2D eigenvalue weighted by atomic mass is 10.0. The maximum Gasteiger partial charge on any atom is 0.307 e. The molecular formula is C23H46NO4+. The van der Waals surface area contributed by atoms with Crippen LogP contribution in [0, 0.1) is 0 Å². The molecule has 0 rings (SSSR count). The molecule has 0 spiro atoms. The number of carbonyl (C=O) groups excluding carboxylic acids is 1. The number of quaternary nitrogens is 1. The van der Waals surface area contributed by atoms with Gasteiger partial charge in [0.05, 0.1) is 27.6 Å². The van der Waals surface area contributed by atoms with Crippen molar-refractivity contribution >= 4 is 11.9 Å². The zero-order chi connectivity index (χ0) is 21.3. The SMILES string of the molecule is CCCCCCCCCCCCCCC[13C](=O)O[C@H](CC(=O)O)C[N+](C)(C)C. The number of hydrogen-bond acceptors (Lipinski definition) is 3. The molecule has 0 aromatic rings. The van der Waals surface area contributed by atoms with E-state index in [4.69, 9.17) is 9.84 Å². The molecule has 0 saturated heterocycles. The van der Waals surface area contributed by atoms with E-state index in [1.165, 1.54) is 70.6 Å². The summed E-state index contributed by atoms with van der Waals surface area (Å²) in [6.45, 7) is 2.77. The first-order valence-electron chi connectivity index (χ1n) is 11.5. The summed E-state index contributed by atoms with van der Waals surface area (Å²) in [4.78, 5) is 23.0. The largest absolute Gasteiger partial charge is 0.481 e. The van der Waals surface area contributed by atoms with E-state index >= 15 is 0 Å². The average Bonchev–Trinajstić information content (AvgIpc) is 2.56. The van der Waals surface area contributed by atoms with Crippen LogP contribution in [0.5, 0.6) is 0 Å². The first-order valence-corrected chi connectivity index (χ1v) is 11.5. The summed E-state index contributed by atoms with van der Waals surface area (Å²) in [5, 5.41) is 8.99. The van der Waals surface area contributed by atoms with Gasteiger partial charge >= 0.3 is 11.9 Å². The van der Waals surface area contributed by atoms with E-state index in [2.05, 4.69) is 6.92 Å². The van der Waals surface area contributed by atoms with Gasteiger partial charge in [0, 0.05) is 6.42 Å². The minimum absolute atomic E-state index is 0.125. The van der Waals surface area contributed by atoms with Crippen molar-refractivity contribution in [1.82, 2.24) is 0 Å². The number of rotatable bonds is 19. The summed E-state index contributed by atoms with van der Waals surface area (Å²) in [6.07, 6.45) is 16.2. The quantitative estimate of drug-likeness (QED) is 0.133. The van der Waals surface area contributed by atoms with Crippen molar-refractivity contribution in [3.05, 3.63) is 0 Å². The Morgan fingerprint density at radius 2 is 1.21 bits per heavy atom. The Balaban J connectivity index is 3.63. The number of unbranched alkanes of at least 4 members (excludes halogenated alkanes) is 12. The smallest absolute Gasteiger partial charge is 0.307 e. The Labute approximate surface area is 173 Å². The summed E-state index contributed by atoms with van der Waals surface area (Å²) in [6, 6.07) is 0. The zero-order valence-electron chi connectivity index (χ0n) is 19.0. The van der Waals surface area contributed by atoms with Gasteiger partial charge in [-0.25, -0.2) is 0 Å². The lowest BCUT2D eigenvalue weighted by Gasteiger charge is -2.28. The van der Waals surface area contributed by atoms with Crippen molar-refractivity contribution in [3.8, 4) is 0 Å². The van der Waals surface area contributed by atoms with E-state index in [0.717, 1.165) is 12.8 Å². The van der Waals surface area contributed by atoms with Crippen LogP contribution >= 0.6 is 0 Å². The molecule has 0 saturated carbocycles. The third-order valence-electron chi connectivity index (χ3n) is 4.94. The minimum Gasteiger partial charge on any atom is -0.481 e. The van der Waals surface area contributed by atoms with Crippen LogP contribution in [0.15, 0.2) is 0 Å². The number of carbonyl (C=O) groups is 2. The highest BCUT2D eigenvalue weighted by molar-refractivity contribution is 5.71. The Hall–Kier alpha value is -1.10. The first-order chi connectivity index (χ1) is 13.2. The second kappa shape index (κ2) is 16.8. The fraction of sp³-hybridized carbons (Fsp3) is 0.913. The van der Waals surface area contributed by atoms with Crippen molar-refractivity contribution in [2.75, 3.05) is 27.7 Å². The van der Waals surface area contributed by atoms with Crippen molar-refractivity contribution in [2.24, 2.45) is 0 Å². The average molecular weight is 402 g/mol. The van der Waals surface area contributed by atoms with E-state index in [9.17, 15) is 9.59 Å². The summed E-state index contributed by atoms with van der Waals surface area (Å²) >= 11 is 0. The molecule has 1 N–H and O–H groups in total. The topological polar surface area (TPSA) is 63.6 Å². The molecule has 0 aliphatic carbocycles. The number of nitrogens with zero attached hydrogens (tertiary/aromatic N) is 1. The standard InChI is InChI=1S/C23H45NO4/c1-5-6-7-8-9-10-11-12-13-14-15-16-17-18-23(27)28-21(19-22(25)26)20-24(2,3)4/h21H,5-20H2,1-4H3/p+1/t21-/m1/s1/i23+1. The molecule has 0 aromatic heterocycles. The van der Waals surface area contributed by atoms with Crippen molar-refractivity contribution in [2.45, 2.75) is 109 Å². The lowest BCUT2D eigenvalue weighted by molar-refractivity contribution is -0.873. The van der Waals surface area contributed by atoms with Gasteiger partial charge < -0.3 is 14.3 Å². The van der Waals surface area contributed by atoms with Crippen LogP contribution in [0.2, 0.25) is 0 Å². The third-order valence-corrected chi connectivity index (χ3v) is 4.94. The van der Waals surface area contributed by atoms with E-state index in [-0.39, 0.29) is 12.4 Å². The highest BCUT2D eigenvalue weighted by atomic mass is 16.6. The molecule has 0 heterocycles. The summed E-state index contributed by atoms with van der Waals surface area (Å²) in [5.74, 6) is -1.19. The highest BCUT2D eigenvalue weighted by Crippen LogP contribution is 2.14. The van der Waals surface area contributed by atoms with Crippen LogP contribution in [0.25, 0.3) is 0 Å².